The third-order valence-corrected chi connectivity index (χ3v) is 16.5. The van der Waals surface area contributed by atoms with Gasteiger partial charge in [0.25, 0.3) is 0 Å². The van der Waals surface area contributed by atoms with E-state index >= 15 is 0 Å². The standard InChI is InChI=1S/C42H26O.C36H22O/c1-3-12-28(13-4-1)40-33-17-9-10-18-34(33)41(29-14-5-2-6-15-29)37-25-30(19-22-35(37)40)31-20-23-36-39(26-31)43-38-24-21-27-11-7-8-16-32(27)42(36)38;1-2-10-23(11-3-1)35-27-14-6-8-16-29(27)36(30-17-9-7-15-28(30)35)26-18-19-33-31(21-26)32-20-24-12-4-5-13-25(24)22-34(32)37-33/h1-26H;1-22H. The minimum atomic E-state index is 0.913. The highest BCUT2D eigenvalue weighted by Gasteiger charge is 2.21. The Morgan fingerprint density at radius 3 is 1.09 bits per heavy atom. The molecular weight excluding hydrogens is 969 g/mol. The minimum Gasteiger partial charge on any atom is -0.456 e. The van der Waals surface area contributed by atoms with Crippen LogP contribution in [-0.2, 0) is 0 Å². The molecule has 0 bridgehead atoms. The molecule has 2 heteroatoms. The fourth-order valence-electron chi connectivity index (χ4n) is 12.9. The zero-order valence-electron chi connectivity index (χ0n) is 43.5. The van der Waals surface area contributed by atoms with Crippen LogP contribution in [0.1, 0.15) is 0 Å². The van der Waals surface area contributed by atoms with Gasteiger partial charge in [-0.05, 0) is 169 Å². The first-order valence-corrected chi connectivity index (χ1v) is 27.5. The Morgan fingerprint density at radius 2 is 0.525 bits per heavy atom. The van der Waals surface area contributed by atoms with Gasteiger partial charge in [-0.15, -0.1) is 0 Å². The Morgan fingerprint density at radius 1 is 0.163 bits per heavy atom. The molecule has 0 radical (unpaired) electrons. The quantitative estimate of drug-likeness (QED) is 0.161. The number of hydrogen-bond acceptors (Lipinski definition) is 2. The van der Waals surface area contributed by atoms with Gasteiger partial charge >= 0.3 is 0 Å². The molecule has 17 rings (SSSR count). The summed E-state index contributed by atoms with van der Waals surface area (Å²) in [5, 5.41) is 19.6. The second kappa shape index (κ2) is 18.6. The van der Waals surface area contributed by atoms with Crippen LogP contribution in [-0.4, -0.2) is 0 Å². The van der Waals surface area contributed by atoms with Crippen LogP contribution < -0.4 is 0 Å². The van der Waals surface area contributed by atoms with Gasteiger partial charge in [-0.25, -0.2) is 0 Å². The van der Waals surface area contributed by atoms with Crippen LogP contribution in [0.15, 0.2) is 300 Å². The molecule has 0 aliphatic rings. The maximum Gasteiger partial charge on any atom is 0.136 e. The number of fused-ring (bicyclic) bond motifs is 13. The fourth-order valence-corrected chi connectivity index (χ4v) is 12.9. The summed E-state index contributed by atoms with van der Waals surface area (Å²) >= 11 is 0. The normalized spacial score (nSPS) is 11.8. The van der Waals surface area contributed by atoms with E-state index in [1.54, 1.807) is 0 Å². The van der Waals surface area contributed by atoms with Crippen molar-refractivity contribution in [2.24, 2.45) is 0 Å². The number of benzene rings is 15. The molecule has 0 aliphatic carbocycles. The van der Waals surface area contributed by atoms with Crippen LogP contribution >= 0.6 is 0 Å². The van der Waals surface area contributed by atoms with Crippen molar-refractivity contribution in [2.45, 2.75) is 0 Å². The molecule has 372 valence electrons. The summed E-state index contributed by atoms with van der Waals surface area (Å²) in [5.41, 5.74) is 16.0. The Balaban J connectivity index is 0.000000134. The lowest BCUT2D eigenvalue weighted by molar-refractivity contribution is 0.669. The largest absolute Gasteiger partial charge is 0.456 e. The molecule has 80 heavy (non-hydrogen) atoms. The molecule has 0 saturated heterocycles. The smallest absolute Gasteiger partial charge is 0.136 e. The molecule has 0 aliphatic heterocycles. The molecule has 0 amide bonds. The predicted molar refractivity (Wildman–Crippen MR) is 340 cm³/mol. The summed E-state index contributed by atoms with van der Waals surface area (Å²) in [4.78, 5) is 0. The molecular formula is C78H48O2. The van der Waals surface area contributed by atoms with E-state index < -0.39 is 0 Å². The number of furan rings is 2. The van der Waals surface area contributed by atoms with Crippen LogP contribution in [0.4, 0.5) is 0 Å². The zero-order valence-corrected chi connectivity index (χ0v) is 43.5. The van der Waals surface area contributed by atoms with Gasteiger partial charge < -0.3 is 8.83 Å². The Bertz CT molecular complexity index is 5220. The lowest BCUT2D eigenvalue weighted by Gasteiger charge is -2.18. The van der Waals surface area contributed by atoms with Crippen molar-refractivity contribution in [3.8, 4) is 55.6 Å². The van der Waals surface area contributed by atoms with Gasteiger partial charge in [0.05, 0.1) is 0 Å². The van der Waals surface area contributed by atoms with Gasteiger partial charge in [-0.1, -0.05) is 243 Å². The highest BCUT2D eigenvalue weighted by atomic mass is 16.3. The van der Waals surface area contributed by atoms with Crippen LogP contribution in [0.3, 0.4) is 0 Å². The zero-order chi connectivity index (χ0) is 52.7. The third-order valence-electron chi connectivity index (χ3n) is 16.5. The Labute approximate surface area is 461 Å². The van der Waals surface area contributed by atoms with Crippen molar-refractivity contribution in [3.05, 3.63) is 291 Å². The number of hydrogen-bond donors (Lipinski definition) is 0. The highest BCUT2D eigenvalue weighted by molar-refractivity contribution is 6.24. The average Bonchev–Trinajstić information content (AvgIpc) is 4.22. The van der Waals surface area contributed by atoms with E-state index in [0.29, 0.717) is 0 Å². The van der Waals surface area contributed by atoms with Gasteiger partial charge in [0.15, 0.2) is 0 Å². The van der Waals surface area contributed by atoms with Crippen LogP contribution in [0.25, 0.3) is 164 Å². The van der Waals surface area contributed by atoms with E-state index in [1.165, 1.54) is 120 Å². The van der Waals surface area contributed by atoms with E-state index in [0.717, 1.165) is 44.1 Å². The molecule has 0 spiro atoms. The molecule has 0 atom stereocenters. The molecule has 0 N–H and O–H groups in total. The molecule has 17 aromatic rings. The molecule has 2 aromatic heterocycles. The summed E-state index contributed by atoms with van der Waals surface area (Å²) in [6.45, 7) is 0. The second-order valence-corrected chi connectivity index (χ2v) is 21.0. The monoisotopic (exact) mass is 1020 g/mol. The van der Waals surface area contributed by atoms with Crippen molar-refractivity contribution in [2.75, 3.05) is 0 Å². The number of rotatable bonds is 5. The van der Waals surface area contributed by atoms with Crippen molar-refractivity contribution >= 4 is 109 Å². The molecule has 15 aromatic carbocycles. The van der Waals surface area contributed by atoms with E-state index in [1.807, 2.05) is 0 Å². The van der Waals surface area contributed by atoms with E-state index in [9.17, 15) is 0 Å². The minimum absolute atomic E-state index is 0.913. The summed E-state index contributed by atoms with van der Waals surface area (Å²) < 4.78 is 12.7. The second-order valence-electron chi connectivity index (χ2n) is 21.0. The average molecular weight is 1020 g/mol. The molecule has 2 heterocycles. The topological polar surface area (TPSA) is 26.3 Å². The molecule has 0 fully saturated rings. The first-order valence-electron chi connectivity index (χ1n) is 27.5. The van der Waals surface area contributed by atoms with E-state index in [-0.39, 0.29) is 0 Å². The summed E-state index contributed by atoms with van der Waals surface area (Å²) in [5.74, 6) is 0. The van der Waals surface area contributed by atoms with Gasteiger partial charge in [0.1, 0.15) is 22.3 Å². The van der Waals surface area contributed by atoms with E-state index in [2.05, 4.69) is 291 Å². The van der Waals surface area contributed by atoms with Crippen molar-refractivity contribution < 1.29 is 8.83 Å². The van der Waals surface area contributed by atoms with Crippen LogP contribution in [0, 0.1) is 0 Å². The summed E-state index contributed by atoms with van der Waals surface area (Å²) in [6, 6.07) is 105. The maximum atomic E-state index is 6.44. The fraction of sp³-hybridized carbons (Fsp3) is 0. The van der Waals surface area contributed by atoms with Crippen molar-refractivity contribution in [1.29, 1.82) is 0 Å². The van der Waals surface area contributed by atoms with Crippen molar-refractivity contribution in [1.82, 2.24) is 0 Å². The van der Waals surface area contributed by atoms with Gasteiger partial charge in [0, 0.05) is 21.5 Å². The predicted octanol–water partition coefficient (Wildman–Crippen LogP) is 22.4. The summed E-state index contributed by atoms with van der Waals surface area (Å²) in [7, 11) is 0. The lowest BCUT2D eigenvalue weighted by atomic mass is 9.85. The van der Waals surface area contributed by atoms with E-state index in [4.69, 9.17) is 8.83 Å². The molecule has 2 nitrogen and oxygen atoms in total. The van der Waals surface area contributed by atoms with Crippen molar-refractivity contribution in [3.63, 3.8) is 0 Å². The third kappa shape index (κ3) is 7.42. The van der Waals surface area contributed by atoms with Gasteiger partial charge in [-0.2, -0.15) is 0 Å². The van der Waals surface area contributed by atoms with Crippen LogP contribution in [0.5, 0.6) is 0 Å². The Kier molecular flexibility index (Phi) is 10.6. The van der Waals surface area contributed by atoms with Gasteiger partial charge in [-0.3, -0.25) is 0 Å². The SMILES string of the molecule is c1ccc(-c2c3ccccc3c(-c3ccc4oc5cc6ccccc6cc5c4c3)c3ccccc23)cc1.c1ccc(-c2c3ccccc3c(-c3ccccc3)c3cc(-c4ccc5c(c4)oc4ccc6ccccc6c45)ccc23)cc1. The first kappa shape index (κ1) is 45.6. The molecule has 0 saturated carbocycles. The lowest BCUT2D eigenvalue weighted by Crippen LogP contribution is -1.91. The first-order chi connectivity index (χ1) is 39.7. The maximum absolute atomic E-state index is 6.44. The molecule has 0 unspecified atom stereocenters. The summed E-state index contributed by atoms with van der Waals surface area (Å²) in [6.07, 6.45) is 0. The van der Waals surface area contributed by atoms with Gasteiger partial charge in [0.2, 0.25) is 0 Å². The Hall–Kier alpha value is -10.5. The van der Waals surface area contributed by atoms with Crippen LogP contribution in [0.2, 0.25) is 0 Å². The highest BCUT2D eigenvalue weighted by Crippen LogP contribution is 2.47.